The minimum atomic E-state index is -0.336. The third kappa shape index (κ3) is 4.33. The van der Waals surface area contributed by atoms with Crippen molar-refractivity contribution in [2.75, 3.05) is 13.2 Å². The van der Waals surface area contributed by atoms with Crippen molar-refractivity contribution in [3.05, 3.63) is 12.2 Å². The van der Waals surface area contributed by atoms with Gasteiger partial charge in [-0.2, -0.15) is 0 Å². The van der Waals surface area contributed by atoms with Crippen molar-refractivity contribution >= 4 is 11.9 Å². The van der Waals surface area contributed by atoms with Gasteiger partial charge >= 0.3 is 5.97 Å². The van der Waals surface area contributed by atoms with E-state index in [1.165, 1.54) is 63.9 Å². The van der Waals surface area contributed by atoms with E-state index in [2.05, 4.69) is 53.4 Å². The Balaban J connectivity index is 1.41. The van der Waals surface area contributed by atoms with Crippen molar-refractivity contribution in [1.29, 1.82) is 0 Å². The highest BCUT2D eigenvalue weighted by Gasteiger charge is 2.70. The molecule has 5 aliphatic carbocycles. The Morgan fingerprint density at radius 1 is 0.875 bits per heavy atom. The molecule has 0 saturated heterocycles. The van der Waals surface area contributed by atoms with Gasteiger partial charge in [-0.3, -0.25) is 9.59 Å². The minimum absolute atomic E-state index is 0.0122. The maximum atomic E-state index is 12.3. The van der Waals surface area contributed by atoms with Crippen molar-refractivity contribution in [3.8, 4) is 0 Å². The van der Waals surface area contributed by atoms with Crippen molar-refractivity contribution in [2.24, 2.45) is 56.7 Å². The van der Waals surface area contributed by atoms with Gasteiger partial charge in [0.15, 0.2) is 0 Å². The number of fused-ring (bicyclic) bond motifs is 7. The average molecular weight is 556 g/mol. The smallest absolute Gasteiger partial charge is 0.325 e. The lowest BCUT2D eigenvalue weighted by Gasteiger charge is -2.73. The van der Waals surface area contributed by atoms with Crippen LogP contribution in [0.3, 0.4) is 0 Å². The summed E-state index contributed by atoms with van der Waals surface area (Å²) in [5, 5.41) is 13.6. The van der Waals surface area contributed by atoms with Crippen LogP contribution in [0.2, 0.25) is 0 Å². The van der Waals surface area contributed by atoms with Crippen LogP contribution in [0, 0.1) is 56.7 Å². The molecule has 5 rings (SSSR count). The fraction of sp³-hybridized carbons (Fsp3) is 0.886. The summed E-state index contributed by atoms with van der Waals surface area (Å²) in [4.78, 5) is 23.5. The van der Waals surface area contributed by atoms with E-state index >= 15 is 0 Å². The van der Waals surface area contributed by atoms with Crippen molar-refractivity contribution in [1.82, 2.24) is 5.32 Å². The zero-order chi connectivity index (χ0) is 29.3. The number of carbonyl (C=O) groups excluding carboxylic acids is 2. The zero-order valence-electron chi connectivity index (χ0n) is 26.5. The van der Waals surface area contributed by atoms with Gasteiger partial charge in [0.25, 0.3) is 0 Å². The standard InChI is InChI=1S/C35H57NO4/c1-22(2)24-11-16-35(19-20-40-29(39)21-36-23(3)37)18-17-33(7)25(30(24)35)9-10-27-32(6)14-13-28(38)31(4,5)26(32)12-15-34(27,33)8/h24-28,30,38H,1,9-21H2,2-8H3,(H,36,37)/t24-,25+,26-,27+,28-,30+,32-,33+,34+,35+/m0/s1. The maximum absolute atomic E-state index is 12.3. The number of hydrogen-bond acceptors (Lipinski definition) is 4. The number of rotatable bonds is 6. The van der Waals surface area contributed by atoms with E-state index in [4.69, 9.17) is 4.74 Å². The molecule has 0 heterocycles. The second-order valence-electron chi connectivity index (χ2n) is 16.3. The Morgan fingerprint density at radius 3 is 2.27 bits per heavy atom. The van der Waals surface area contributed by atoms with Crippen LogP contribution in [0.25, 0.3) is 0 Å². The molecule has 0 unspecified atom stereocenters. The van der Waals surface area contributed by atoms with Crippen LogP contribution in [-0.2, 0) is 14.3 Å². The SMILES string of the molecule is C=C(C)[C@@H]1CC[C@]2(CCOC(=O)CNC(C)=O)CC[C@]3(C)[C@H](CC[C@@H]4[C@@]5(C)CC[C@H](O)C(C)(C)[C@@H]5CC[C@]43C)[C@@H]12. The highest BCUT2D eigenvalue weighted by atomic mass is 16.5. The number of nitrogens with one attached hydrogen (secondary N) is 1. The van der Waals surface area contributed by atoms with Gasteiger partial charge in [-0.1, -0.05) is 46.8 Å². The summed E-state index contributed by atoms with van der Waals surface area (Å²) in [6, 6.07) is 0. The van der Waals surface area contributed by atoms with Crippen LogP contribution in [0.15, 0.2) is 12.2 Å². The summed E-state index contributed by atoms with van der Waals surface area (Å²) in [5.74, 6) is 2.58. The first kappa shape index (κ1) is 30.1. The fourth-order valence-corrected chi connectivity index (χ4v) is 12.3. The van der Waals surface area contributed by atoms with E-state index in [0.717, 1.165) is 19.3 Å². The van der Waals surface area contributed by atoms with E-state index in [9.17, 15) is 14.7 Å². The van der Waals surface area contributed by atoms with E-state index < -0.39 is 0 Å². The molecule has 5 saturated carbocycles. The first-order chi connectivity index (χ1) is 18.6. The van der Waals surface area contributed by atoms with Crippen LogP contribution < -0.4 is 5.32 Å². The van der Waals surface area contributed by atoms with E-state index in [1.807, 2.05) is 0 Å². The fourth-order valence-electron chi connectivity index (χ4n) is 12.3. The molecule has 0 aliphatic heterocycles. The normalized spacial score (nSPS) is 47.2. The van der Waals surface area contributed by atoms with Crippen LogP contribution in [0.1, 0.15) is 119 Å². The predicted octanol–water partition coefficient (Wildman–Crippen LogP) is 7.07. The molecular formula is C35H57NO4. The molecule has 0 bridgehead atoms. The van der Waals surface area contributed by atoms with Crippen LogP contribution in [0.5, 0.6) is 0 Å². The average Bonchev–Trinajstić information content (AvgIpc) is 3.26. The van der Waals surface area contributed by atoms with Gasteiger partial charge in [0, 0.05) is 6.92 Å². The van der Waals surface area contributed by atoms with Gasteiger partial charge in [-0.05, 0) is 134 Å². The molecule has 40 heavy (non-hydrogen) atoms. The molecule has 5 nitrogen and oxygen atoms in total. The Kier molecular flexibility index (Phi) is 7.62. The monoisotopic (exact) mass is 555 g/mol. The van der Waals surface area contributed by atoms with Crippen LogP contribution in [0.4, 0.5) is 0 Å². The highest BCUT2D eigenvalue weighted by molar-refractivity contribution is 5.80. The summed E-state index contributed by atoms with van der Waals surface area (Å²) in [6.45, 7) is 21.2. The summed E-state index contributed by atoms with van der Waals surface area (Å²) in [7, 11) is 0. The molecular weight excluding hydrogens is 498 g/mol. The van der Waals surface area contributed by atoms with Gasteiger partial charge < -0.3 is 15.2 Å². The van der Waals surface area contributed by atoms with Gasteiger partial charge in [0.1, 0.15) is 6.54 Å². The lowest BCUT2D eigenvalue weighted by molar-refractivity contribution is -0.248. The maximum Gasteiger partial charge on any atom is 0.325 e. The molecule has 5 heteroatoms. The number of esters is 1. The quantitative estimate of drug-likeness (QED) is 0.271. The number of aliphatic hydroxyl groups excluding tert-OH is 1. The Bertz CT molecular complexity index is 1040. The molecule has 0 aromatic heterocycles. The molecule has 0 aromatic carbocycles. The van der Waals surface area contributed by atoms with Gasteiger partial charge in [-0.15, -0.1) is 0 Å². The van der Waals surface area contributed by atoms with Gasteiger partial charge in [0.2, 0.25) is 5.91 Å². The second-order valence-corrected chi connectivity index (χ2v) is 16.3. The first-order valence-electron chi connectivity index (χ1n) is 16.4. The molecule has 0 aromatic rings. The first-order valence-corrected chi connectivity index (χ1v) is 16.4. The lowest BCUT2D eigenvalue weighted by atomic mass is 9.32. The summed E-state index contributed by atoms with van der Waals surface area (Å²) in [6.07, 6.45) is 12.8. The third-order valence-electron chi connectivity index (χ3n) is 14.6. The zero-order valence-corrected chi connectivity index (χ0v) is 26.5. The number of hydrogen-bond donors (Lipinski definition) is 2. The van der Waals surface area contributed by atoms with Gasteiger partial charge in [0.05, 0.1) is 12.7 Å². The van der Waals surface area contributed by atoms with Crippen LogP contribution in [-0.4, -0.2) is 36.2 Å². The van der Waals surface area contributed by atoms with E-state index in [-0.39, 0.29) is 35.4 Å². The second kappa shape index (κ2) is 10.1. The minimum Gasteiger partial charge on any atom is -0.464 e. The Labute approximate surface area is 243 Å². The van der Waals surface area contributed by atoms with Gasteiger partial charge in [-0.25, -0.2) is 0 Å². The highest BCUT2D eigenvalue weighted by Crippen LogP contribution is 2.77. The van der Waals surface area contributed by atoms with Crippen LogP contribution >= 0.6 is 0 Å². The molecule has 0 radical (unpaired) electrons. The number of allylic oxidation sites excluding steroid dienone is 1. The summed E-state index contributed by atoms with van der Waals surface area (Å²) >= 11 is 0. The molecule has 5 aliphatic rings. The van der Waals surface area contributed by atoms with Crippen molar-refractivity contribution < 1.29 is 19.4 Å². The van der Waals surface area contributed by atoms with E-state index in [1.54, 1.807) is 0 Å². The third-order valence-corrected chi connectivity index (χ3v) is 14.6. The number of amides is 1. The van der Waals surface area contributed by atoms with Crippen molar-refractivity contribution in [3.63, 3.8) is 0 Å². The molecule has 1 amide bonds. The summed E-state index contributed by atoms with van der Waals surface area (Å²) in [5.41, 5.74) is 2.43. The molecule has 5 fully saturated rings. The number of carbonyl (C=O) groups is 2. The number of ether oxygens (including phenoxy) is 1. The Morgan fingerprint density at radius 2 is 1.60 bits per heavy atom. The molecule has 226 valence electrons. The summed E-state index contributed by atoms with van der Waals surface area (Å²) < 4.78 is 5.66. The van der Waals surface area contributed by atoms with Crippen molar-refractivity contribution in [2.45, 2.75) is 125 Å². The lowest BCUT2D eigenvalue weighted by Crippen LogP contribution is -2.66. The largest absolute Gasteiger partial charge is 0.464 e. The molecule has 0 spiro atoms. The van der Waals surface area contributed by atoms with E-state index in [0.29, 0.717) is 52.4 Å². The molecule has 2 N–H and O–H groups in total. The molecule has 10 atom stereocenters. The Hall–Kier alpha value is -1.36. The number of aliphatic hydroxyl groups is 1. The predicted molar refractivity (Wildman–Crippen MR) is 159 cm³/mol. The topological polar surface area (TPSA) is 75.6 Å².